The van der Waals surface area contributed by atoms with Gasteiger partial charge in [0.2, 0.25) is 0 Å². The lowest BCUT2D eigenvalue weighted by Gasteiger charge is -2.25. The second-order valence-electron chi connectivity index (χ2n) is 11.3. The zero-order chi connectivity index (χ0) is 25.8. The van der Waals surface area contributed by atoms with E-state index in [0.717, 1.165) is 36.8 Å². The number of rotatable bonds is 5. The lowest BCUT2D eigenvalue weighted by atomic mass is 9.80. The van der Waals surface area contributed by atoms with Gasteiger partial charge >= 0.3 is 0 Å². The maximum atomic E-state index is 6.56. The van der Waals surface area contributed by atoms with E-state index in [1.165, 1.54) is 44.3 Å². The van der Waals surface area contributed by atoms with Crippen LogP contribution in [-0.2, 0) is 6.42 Å². The summed E-state index contributed by atoms with van der Waals surface area (Å²) in [5.74, 6) is 0.784. The molecule has 2 heterocycles. The van der Waals surface area contributed by atoms with Crippen molar-refractivity contribution < 1.29 is 4.42 Å². The lowest BCUT2D eigenvalue weighted by molar-refractivity contribution is 0.592. The van der Waals surface area contributed by atoms with Gasteiger partial charge in [-0.25, -0.2) is 0 Å². The quantitative estimate of drug-likeness (QED) is 0.184. The molecule has 2 N–H and O–H groups in total. The van der Waals surface area contributed by atoms with Crippen molar-refractivity contribution in [1.82, 2.24) is 5.32 Å². The van der Waals surface area contributed by atoms with Gasteiger partial charge in [0.1, 0.15) is 11.2 Å². The Morgan fingerprint density at radius 1 is 0.769 bits per heavy atom. The van der Waals surface area contributed by atoms with Crippen molar-refractivity contribution >= 4 is 33.7 Å². The fraction of sp³-hybridized carbons (Fsp3) is 0.222. The summed E-state index contributed by atoms with van der Waals surface area (Å²) in [6.07, 6.45) is 14.1. The van der Waals surface area contributed by atoms with Crippen LogP contribution in [0.2, 0.25) is 0 Å². The van der Waals surface area contributed by atoms with E-state index in [1.807, 2.05) is 0 Å². The molecule has 2 aliphatic carbocycles. The van der Waals surface area contributed by atoms with Crippen molar-refractivity contribution in [2.24, 2.45) is 0 Å². The maximum absolute atomic E-state index is 6.56. The number of fused-ring (bicyclic) bond motifs is 4. The first-order valence-electron chi connectivity index (χ1n) is 14.3. The van der Waals surface area contributed by atoms with Crippen LogP contribution in [0.25, 0.3) is 28.0 Å². The summed E-state index contributed by atoms with van der Waals surface area (Å²) in [6, 6.07) is 31.1. The Morgan fingerprint density at radius 3 is 2.51 bits per heavy atom. The number of allylic oxidation sites excluding steroid dienone is 3. The Hall–Kier alpha value is -4.08. The van der Waals surface area contributed by atoms with Crippen molar-refractivity contribution in [2.75, 3.05) is 5.32 Å². The molecule has 4 aromatic carbocycles. The van der Waals surface area contributed by atoms with Gasteiger partial charge in [-0.15, -0.1) is 0 Å². The van der Waals surface area contributed by atoms with Crippen LogP contribution in [0.3, 0.4) is 0 Å². The van der Waals surface area contributed by atoms with Gasteiger partial charge in [0.25, 0.3) is 0 Å². The first-order chi connectivity index (χ1) is 19.3. The lowest BCUT2D eigenvalue weighted by Crippen LogP contribution is -2.13. The molecule has 0 radical (unpaired) electrons. The van der Waals surface area contributed by atoms with Crippen LogP contribution in [0.1, 0.15) is 65.0 Å². The Kier molecular flexibility index (Phi) is 5.44. The van der Waals surface area contributed by atoms with Crippen molar-refractivity contribution in [1.29, 1.82) is 0 Å². The molecule has 39 heavy (non-hydrogen) atoms. The van der Waals surface area contributed by atoms with Gasteiger partial charge in [0.15, 0.2) is 0 Å². The van der Waals surface area contributed by atoms with E-state index in [4.69, 9.17) is 4.42 Å². The average molecular weight is 509 g/mol. The predicted octanol–water partition coefficient (Wildman–Crippen LogP) is 8.85. The zero-order valence-corrected chi connectivity index (χ0v) is 21.9. The van der Waals surface area contributed by atoms with Gasteiger partial charge < -0.3 is 9.73 Å². The molecule has 3 heteroatoms. The van der Waals surface area contributed by atoms with Crippen molar-refractivity contribution in [3.05, 3.63) is 131 Å². The highest BCUT2D eigenvalue weighted by molar-refractivity contribution is 6.07. The highest BCUT2D eigenvalue weighted by Gasteiger charge is 2.39. The molecule has 3 unspecified atom stereocenters. The van der Waals surface area contributed by atoms with Gasteiger partial charge in [-0.2, -0.15) is 0 Å². The van der Waals surface area contributed by atoms with Crippen LogP contribution in [-0.4, -0.2) is 6.17 Å². The molecule has 192 valence electrons. The Labute approximate surface area is 229 Å². The van der Waals surface area contributed by atoms with Gasteiger partial charge in [0, 0.05) is 33.9 Å². The molecule has 3 nitrogen and oxygen atoms in total. The van der Waals surface area contributed by atoms with E-state index in [2.05, 4.69) is 120 Å². The molecule has 1 aliphatic heterocycles. The molecule has 0 spiro atoms. The molecule has 1 aromatic heterocycles. The summed E-state index contributed by atoms with van der Waals surface area (Å²) in [6.45, 7) is 0. The van der Waals surface area contributed by atoms with Crippen LogP contribution < -0.4 is 10.6 Å². The average Bonchev–Trinajstić information content (AvgIpc) is 3.67. The molecule has 0 amide bonds. The van der Waals surface area contributed by atoms with Crippen LogP contribution in [0.4, 0.5) is 5.69 Å². The van der Waals surface area contributed by atoms with E-state index >= 15 is 0 Å². The number of benzene rings is 4. The summed E-state index contributed by atoms with van der Waals surface area (Å²) in [7, 11) is 0. The highest BCUT2D eigenvalue weighted by atomic mass is 16.3. The minimum Gasteiger partial charge on any atom is -0.456 e. The summed E-state index contributed by atoms with van der Waals surface area (Å²) < 4.78 is 6.56. The molecule has 5 aromatic rings. The van der Waals surface area contributed by atoms with Gasteiger partial charge in [0.05, 0.1) is 12.2 Å². The predicted molar refractivity (Wildman–Crippen MR) is 161 cm³/mol. The zero-order valence-electron chi connectivity index (χ0n) is 21.9. The number of anilines is 1. The second-order valence-corrected chi connectivity index (χ2v) is 11.3. The second kappa shape index (κ2) is 9.29. The van der Waals surface area contributed by atoms with Gasteiger partial charge in [-0.05, 0) is 66.1 Å². The van der Waals surface area contributed by atoms with E-state index in [0.29, 0.717) is 17.9 Å². The van der Waals surface area contributed by atoms with Gasteiger partial charge in [-0.3, -0.25) is 5.32 Å². The molecular formula is C36H32N2O. The smallest absolute Gasteiger partial charge is 0.141 e. The Bertz CT molecular complexity index is 1740. The molecule has 8 rings (SSSR count). The fourth-order valence-electron chi connectivity index (χ4n) is 6.71. The van der Waals surface area contributed by atoms with E-state index in [1.54, 1.807) is 0 Å². The van der Waals surface area contributed by atoms with Crippen LogP contribution in [0, 0.1) is 0 Å². The van der Waals surface area contributed by atoms with E-state index < -0.39 is 0 Å². The highest BCUT2D eigenvalue weighted by Crippen LogP contribution is 2.45. The Morgan fingerprint density at radius 2 is 1.62 bits per heavy atom. The summed E-state index contributed by atoms with van der Waals surface area (Å²) in [5, 5.41) is 9.96. The molecule has 3 aliphatic rings. The third-order valence-electron chi connectivity index (χ3n) is 8.85. The van der Waals surface area contributed by atoms with Crippen molar-refractivity contribution in [2.45, 2.75) is 49.7 Å². The SMILES string of the molecule is C1=Cc2ccc(C3N[C@H]3Nc3ccc4c(oc5ccccc54)c3C3C=CC(c4ccccc4)CC3)cc2CC1. The van der Waals surface area contributed by atoms with Gasteiger partial charge in [-0.1, -0.05) is 91.0 Å². The number of nitrogens with one attached hydrogen (secondary N) is 2. The third-order valence-corrected chi connectivity index (χ3v) is 8.85. The number of furan rings is 1. The van der Waals surface area contributed by atoms with Crippen LogP contribution >= 0.6 is 0 Å². The monoisotopic (exact) mass is 508 g/mol. The van der Waals surface area contributed by atoms with Crippen molar-refractivity contribution in [3.8, 4) is 0 Å². The number of hydrogen-bond donors (Lipinski definition) is 2. The molecule has 4 atom stereocenters. The van der Waals surface area contributed by atoms with E-state index in [-0.39, 0.29) is 6.17 Å². The number of aryl methyl sites for hydroxylation is 1. The summed E-state index contributed by atoms with van der Waals surface area (Å²) >= 11 is 0. The first-order valence-corrected chi connectivity index (χ1v) is 14.3. The van der Waals surface area contributed by atoms with Crippen LogP contribution in [0.5, 0.6) is 0 Å². The van der Waals surface area contributed by atoms with Crippen molar-refractivity contribution in [3.63, 3.8) is 0 Å². The van der Waals surface area contributed by atoms with Crippen LogP contribution in [0.15, 0.2) is 108 Å². The summed E-state index contributed by atoms with van der Waals surface area (Å²) in [5.41, 5.74) is 10.0. The topological polar surface area (TPSA) is 47.1 Å². The minimum atomic E-state index is 0.215. The molecule has 0 bridgehead atoms. The standard InChI is InChI=1S/C36H32N2O/c1-2-8-23(9-3-1)25-14-17-26(18-15-25)33-31(21-20-30-29-12-6-7-13-32(29)39-35(30)33)37-36-34(38-36)28-19-16-24-10-4-5-11-27(24)22-28/h1-4,6-10,12-14,16-17,19-22,25-26,34,36-38H,5,11,15,18H2/t25?,26?,34?,36-/m1/s1. The van der Waals surface area contributed by atoms with E-state index in [9.17, 15) is 0 Å². The number of para-hydroxylation sites is 1. The largest absolute Gasteiger partial charge is 0.456 e. The molecule has 0 saturated carbocycles. The molecule has 1 fully saturated rings. The normalized spacial score (nSPS) is 23.7. The Balaban J connectivity index is 1.14. The minimum absolute atomic E-state index is 0.215. The first kappa shape index (κ1) is 22.9. The maximum Gasteiger partial charge on any atom is 0.141 e. The molecule has 1 saturated heterocycles. The number of hydrogen-bond acceptors (Lipinski definition) is 3. The summed E-state index contributed by atoms with van der Waals surface area (Å²) in [4.78, 5) is 0. The fourth-order valence-corrected chi connectivity index (χ4v) is 6.71. The third kappa shape index (κ3) is 4.09. The molecular weight excluding hydrogens is 476 g/mol.